The molecule has 0 spiro atoms. The second-order valence-electron chi connectivity index (χ2n) is 5.02. The minimum Gasteiger partial charge on any atom is -0.354 e. The summed E-state index contributed by atoms with van der Waals surface area (Å²) in [6.45, 7) is 3.82. The van der Waals surface area contributed by atoms with Gasteiger partial charge in [0.2, 0.25) is 0 Å². The maximum Gasteiger partial charge on any atom is 0.151 e. The molecule has 98 valence electrons. The molecule has 0 aliphatic carbocycles. The topological polar surface area (TPSA) is 29.0 Å². The van der Waals surface area contributed by atoms with E-state index < -0.39 is 0 Å². The Morgan fingerprint density at radius 3 is 2.58 bits per heavy atom. The van der Waals surface area contributed by atoms with Gasteiger partial charge < -0.3 is 4.90 Å². The van der Waals surface area contributed by atoms with Crippen LogP contribution in [0.2, 0.25) is 0 Å². The molecule has 3 rings (SSSR count). The van der Waals surface area contributed by atoms with E-state index in [-0.39, 0.29) is 5.82 Å². The van der Waals surface area contributed by atoms with Gasteiger partial charge in [-0.25, -0.2) is 4.39 Å². The largest absolute Gasteiger partial charge is 0.354 e. The molecule has 0 radical (unpaired) electrons. The molecule has 1 aromatic heterocycles. The normalized spacial score (nSPS) is 18.8. The van der Waals surface area contributed by atoms with Crippen molar-refractivity contribution in [3.05, 3.63) is 53.5 Å². The summed E-state index contributed by atoms with van der Waals surface area (Å²) >= 11 is 0. The van der Waals surface area contributed by atoms with Crippen LogP contribution < -0.4 is 4.90 Å². The molecular weight excluding hydrogens is 241 g/mol. The van der Waals surface area contributed by atoms with Crippen LogP contribution in [-0.2, 0) is 0 Å². The summed E-state index contributed by atoms with van der Waals surface area (Å²) in [5.41, 5.74) is 2.13. The van der Waals surface area contributed by atoms with Crippen LogP contribution in [0.1, 0.15) is 23.6 Å². The number of halogens is 1. The highest BCUT2D eigenvalue weighted by atomic mass is 19.1. The smallest absolute Gasteiger partial charge is 0.151 e. The van der Waals surface area contributed by atoms with Crippen LogP contribution in [0.15, 0.2) is 36.4 Å². The van der Waals surface area contributed by atoms with Crippen molar-refractivity contribution in [2.24, 2.45) is 0 Å². The van der Waals surface area contributed by atoms with Crippen molar-refractivity contribution >= 4 is 5.82 Å². The van der Waals surface area contributed by atoms with Gasteiger partial charge in [0.15, 0.2) is 5.82 Å². The lowest BCUT2D eigenvalue weighted by Gasteiger charge is -2.17. The quantitative estimate of drug-likeness (QED) is 0.828. The molecule has 0 bridgehead atoms. The predicted octanol–water partition coefficient (Wildman–Crippen LogP) is 2.92. The van der Waals surface area contributed by atoms with Gasteiger partial charge in [-0.1, -0.05) is 12.1 Å². The lowest BCUT2D eigenvalue weighted by molar-refractivity contribution is 0.625. The summed E-state index contributed by atoms with van der Waals surface area (Å²) in [5, 5.41) is 8.31. The molecule has 1 fully saturated rings. The summed E-state index contributed by atoms with van der Waals surface area (Å²) in [6.07, 6.45) is 1.07. The molecule has 1 saturated heterocycles. The molecule has 1 aliphatic rings. The molecule has 1 aromatic carbocycles. The Labute approximate surface area is 112 Å². The SMILES string of the molecule is Cc1ccc(N2CC[C@@H](c3ccc(F)cc3)C2)nn1. The summed E-state index contributed by atoms with van der Waals surface area (Å²) in [7, 11) is 0. The highest BCUT2D eigenvalue weighted by Gasteiger charge is 2.24. The number of aromatic nitrogens is 2. The molecule has 4 heteroatoms. The zero-order valence-corrected chi connectivity index (χ0v) is 10.9. The van der Waals surface area contributed by atoms with E-state index in [0.717, 1.165) is 31.0 Å². The predicted molar refractivity (Wildman–Crippen MR) is 72.7 cm³/mol. The average Bonchev–Trinajstić information content (AvgIpc) is 2.90. The Morgan fingerprint density at radius 2 is 1.89 bits per heavy atom. The maximum absolute atomic E-state index is 12.9. The van der Waals surface area contributed by atoms with Crippen molar-refractivity contribution in [1.29, 1.82) is 0 Å². The van der Waals surface area contributed by atoms with Gasteiger partial charge in [-0.05, 0) is 43.2 Å². The molecule has 2 heterocycles. The van der Waals surface area contributed by atoms with Crippen LogP contribution in [0.25, 0.3) is 0 Å². The van der Waals surface area contributed by atoms with Gasteiger partial charge in [-0.3, -0.25) is 0 Å². The molecule has 1 aliphatic heterocycles. The molecule has 0 unspecified atom stereocenters. The Bertz CT molecular complexity index is 499. The van der Waals surface area contributed by atoms with E-state index in [1.165, 1.54) is 17.7 Å². The van der Waals surface area contributed by atoms with Gasteiger partial charge >= 0.3 is 0 Å². The zero-order chi connectivity index (χ0) is 13.2. The lowest BCUT2D eigenvalue weighted by Crippen LogP contribution is -2.20. The van der Waals surface area contributed by atoms with Crippen LogP contribution in [-0.4, -0.2) is 23.3 Å². The average molecular weight is 257 g/mol. The molecule has 0 saturated carbocycles. The number of benzene rings is 1. The third kappa shape index (κ3) is 2.57. The van der Waals surface area contributed by atoms with Crippen molar-refractivity contribution < 1.29 is 4.39 Å². The van der Waals surface area contributed by atoms with Gasteiger partial charge in [0.25, 0.3) is 0 Å². The van der Waals surface area contributed by atoms with Crippen LogP contribution in [0, 0.1) is 12.7 Å². The molecule has 3 nitrogen and oxygen atoms in total. The van der Waals surface area contributed by atoms with E-state index >= 15 is 0 Å². The van der Waals surface area contributed by atoms with Crippen molar-refractivity contribution in [1.82, 2.24) is 10.2 Å². The van der Waals surface area contributed by atoms with E-state index in [0.29, 0.717) is 5.92 Å². The fourth-order valence-corrected chi connectivity index (χ4v) is 2.54. The maximum atomic E-state index is 12.9. The summed E-state index contributed by atoms with van der Waals surface area (Å²) < 4.78 is 12.9. The third-order valence-electron chi connectivity index (χ3n) is 3.64. The number of anilines is 1. The van der Waals surface area contributed by atoms with Crippen molar-refractivity contribution in [3.8, 4) is 0 Å². The highest BCUT2D eigenvalue weighted by Crippen LogP contribution is 2.29. The summed E-state index contributed by atoms with van der Waals surface area (Å²) in [6, 6.07) is 10.8. The first-order valence-electron chi connectivity index (χ1n) is 6.53. The third-order valence-corrected chi connectivity index (χ3v) is 3.64. The first-order valence-corrected chi connectivity index (χ1v) is 6.53. The number of rotatable bonds is 2. The fraction of sp³-hybridized carbons (Fsp3) is 0.333. The Kier molecular flexibility index (Phi) is 3.15. The number of hydrogen-bond donors (Lipinski definition) is 0. The van der Waals surface area contributed by atoms with Crippen molar-refractivity contribution in [3.63, 3.8) is 0 Å². The van der Waals surface area contributed by atoms with Gasteiger partial charge in [-0.2, -0.15) is 5.10 Å². The zero-order valence-electron chi connectivity index (χ0n) is 10.9. The van der Waals surface area contributed by atoms with Crippen LogP contribution in [0.5, 0.6) is 0 Å². The summed E-state index contributed by atoms with van der Waals surface area (Å²) in [4.78, 5) is 2.24. The molecule has 1 atom stereocenters. The van der Waals surface area contributed by atoms with Gasteiger partial charge in [0, 0.05) is 19.0 Å². The standard InChI is InChI=1S/C15H16FN3/c1-11-2-7-15(18-17-11)19-9-8-13(10-19)12-3-5-14(16)6-4-12/h2-7,13H,8-10H2,1H3/t13-/m1/s1. The van der Waals surface area contributed by atoms with E-state index in [1.54, 1.807) is 0 Å². The van der Waals surface area contributed by atoms with Gasteiger partial charge in [0.05, 0.1) is 5.69 Å². The Morgan fingerprint density at radius 1 is 1.11 bits per heavy atom. The minimum atomic E-state index is -0.178. The van der Waals surface area contributed by atoms with Crippen LogP contribution >= 0.6 is 0 Å². The van der Waals surface area contributed by atoms with E-state index in [4.69, 9.17) is 0 Å². The number of aryl methyl sites for hydroxylation is 1. The first-order chi connectivity index (χ1) is 9.22. The van der Waals surface area contributed by atoms with E-state index in [9.17, 15) is 4.39 Å². The molecule has 0 amide bonds. The van der Waals surface area contributed by atoms with Crippen LogP contribution in [0.3, 0.4) is 0 Å². The molecule has 2 aromatic rings. The monoisotopic (exact) mass is 257 g/mol. The van der Waals surface area contributed by atoms with Crippen molar-refractivity contribution in [2.45, 2.75) is 19.3 Å². The molecular formula is C15H16FN3. The lowest BCUT2D eigenvalue weighted by atomic mass is 9.99. The van der Waals surface area contributed by atoms with Gasteiger partial charge in [0.1, 0.15) is 5.82 Å². The molecule has 0 N–H and O–H groups in total. The minimum absolute atomic E-state index is 0.178. The number of nitrogens with zero attached hydrogens (tertiary/aromatic N) is 3. The van der Waals surface area contributed by atoms with E-state index in [1.807, 2.05) is 31.2 Å². The summed E-state index contributed by atoms with van der Waals surface area (Å²) in [5.74, 6) is 1.20. The highest BCUT2D eigenvalue weighted by molar-refractivity contribution is 5.40. The Hall–Kier alpha value is -1.97. The van der Waals surface area contributed by atoms with Gasteiger partial charge in [-0.15, -0.1) is 5.10 Å². The van der Waals surface area contributed by atoms with Crippen LogP contribution in [0.4, 0.5) is 10.2 Å². The van der Waals surface area contributed by atoms with Crippen molar-refractivity contribution in [2.75, 3.05) is 18.0 Å². The Balaban J connectivity index is 1.73. The second kappa shape index (κ2) is 4.96. The second-order valence-corrected chi connectivity index (χ2v) is 5.02. The van der Waals surface area contributed by atoms with E-state index in [2.05, 4.69) is 15.1 Å². The fourth-order valence-electron chi connectivity index (χ4n) is 2.54. The number of hydrogen-bond acceptors (Lipinski definition) is 3. The first kappa shape index (κ1) is 12.1. The molecule has 19 heavy (non-hydrogen) atoms.